The summed E-state index contributed by atoms with van der Waals surface area (Å²) in [6, 6.07) is 14.0. The molecule has 0 radical (unpaired) electrons. The Kier molecular flexibility index (Phi) is 8.98. The molecule has 0 spiro atoms. The summed E-state index contributed by atoms with van der Waals surface area (Å²) in [7, 11) is 0. The van der Waals surface area contributed by atoms with Crippen LogP contribution in [0.25, 0.3) is 11.0 Å². The quantitative estimate of drug-likeness (QED) is 0.422. The van der Waals surface area contributed by atoms with Crippen molar-refractivity contribution >= 4 is 22.8 Å². The average Bonchev–Trinajstić information content (AvgIpc) is 3.03. The highest BCUT2D eigenvalue weighted by Gasteiger charge is 2.17. The summed E-state index contributed by atoms with van der Waals surface area (Å²) in [5, 5.41) is 2.95. The molecule has 0 bridgehead atoms. The Morgan fingerprint density at radius 1 is 1.03 bits per heavy atom. The van der Waals surface area contributed by atoms with E-state index >= 15 is 0 Å². The fourth-order valence-corrected chi connectivity index (χ4v) is 4.78. The minimum Gasteiger partial charge on any atom is -0.483 e. The Morgan fingerprint density at radius 2 is 1.81 bits per heavy atom. The molecule has 36 heavy (non-hydrogen) atoms. The number of nitrogens with one attached hydrogen (secondary N) is 1. The van der Waals surface area contributed by atoms with Crippen LogP contribution in [0.5, 0.6) is 5.75 Å². The number of hydrogen-bond donors (Lipinski definition) is 1. The summed E-state index contributed by atoms with van der Waals surface area (Å²) < 4.78 is 7.88. The average molecular weight is 491 g/mol. The van der Waals surface area contributed by atoms with Crippen LogP contribution in [0.1, 0.15) is 55.5 Å². The lowest BCUT2D eigenvalue weighted by Crippen LogP contribution is -2.32. The van der Waals surface area contributed by atoms with Gasteiger partial charge in [-0.25, -0.2) is 4.98 Å². The second-order valence-corrected chi connectivity index (χ2v) is 9.72. The van der Waals surface area contributed by atoms with E-state index in [0.717, 1.165) is 72.5 Å². The predicted molar refractivity (Wildman–Crippen MR) is 142 cm³/mol. The van der Waals surface area contributed by atoms with Gasteiger partial charge in [0.05, 0.1) is 11.0 Å². The highest BCUT2D eigenvalue weighted by atomic mass is 16.5. The normalized spacial score (nSPS) is 14.0. The van der Waals surface area contributed by atoms with E-state index in [4.69, 9.17) is 9.72 Å². The van der Waals surface area contributed by atoms with Gasteiger partial charge in [-0.3, -0.25) is 9.59 Å². The van der Waals surface area contributed by atoms with Crippen molar-refractivity contribution in [3.8, 4) is 5.75 Å². The van der Waals surface area contributed by atoms with Crippen molar-refractivity contribution in [2.45, 2.75) is 65.3 Å². The SMILES string of the molecule is Cc1ccc(C)c(OCC(=O)NCCCc2nc3ccccc3n2CCC(=O)N2CCCCCC2)c1. The van der Waals surface area contributed by atoms with E-state index in [-0.39, 0.29) is 18.4 Å². The zero-order valence-electron chi connectivity index (χ0n) is 21.6. The van der Waals surface area contributed by atoms with Crippen LogP contribution in [0.15, 0.2) is 42.5 Å². The van der Waals surface area contributed by atoms with Crippen LogP contribution in [0.4, 0.5) is 0 Å². The maximum absolute atomic E-state index is 12.9. The first kappa shape index (κ1) is 25.7. The number of nitrogens with zero attached hydrogens (tertiary/aromatic N) is 3. The second-order valence-electron chi connectivity index (χ2n) is 9.72. The van der Waals surface area contributed by atoms with Crippen LogP contribution in [0.2, 0.25) is 0 Å². The van der Waals surface area contributed by atoms with Gasteiger partial charge in [-0.05, 0) is 62.4 Å². The van der Waals surface area contributed by atoms with E-state index in [0.29, 0.717) is 19.5 Å². The maximum Gasteiger partial charge on any atom is 0.257 e. The fourth-order valence-electron chi connectivity index (χ4n) is 4.78. The fraction of sp³-hybridized carbons (Fsp3) is 0.483. The molecule has 1 N–H and O–H groups in total. The molecule has 1 aliphatic heterocycles. The van der Waals surface area contributed by atoms with Crippen molar-refractivity contribution in [1.82, 2.24) is 19.8 Å². The van der Waals surface area contributed by atoms with Gasteiger partial charge >= 0.3 is 0 Å². The van der Waals surface area contributed by atoms with Crippen molar-refractivity contribution in [2.75, 3.05) is 26.2 Å². The number of amides is 2. The Morgan fingerprint density at radius 3 is 2.61 bits per heavy atom. The van der Waals surface area contributed by atoms with Crippen molar-refractivity contribution < 1.29 is 14.3 Å². The molecule has 7 nitrogen and oxygen atoms in total. The second kappa shape index (κ2) is 12.6. The van der Waals surface area contributed by atoms with Gasteiger partial charge in [-0.15, -0.1) is 0 Å². The summed E-state index contributed by atoms with van der Waals surface area (Å²) in [4.78, 5) is 32.0. The number of likely N-dealkylation sites (tertiary alicyclic amines) is 1. The molecule has 0 atom stereocenters. The van der Waals surface area contributed by atoms with Gasteiger partial charge < -0.3 is 19.5 Å². The lowest BCUT2D eigenvalue weighted by molar-refractivity contribution is -0.131. The monoisotopic (exact) mass is 490 g/mol. The first-order valence-electron chi connectivity index (χ1n) is 13.2. The Balaban J connectivity index is 1.29. The Bertz CT molecular complexity index is 1180. The van der Waals surface area contributed by atoms with Gasteiger partial charge in [0.2, 0.25) is 5.91 Å². The van der Waals surface area contributed by atoms with Gasteiger partial charge in [-0.2, -0.15) is 0 Å². The number of fused-ring (bicyclic) bond motifs is 1. The maximum atomic E-state index is 12.9. The van der Waals surface area contributed by atoms with E-state index in [1.807, 2.05) is 55.1 Å². The number of para-hydroxylation sites is 2. The zero-order chi connectivity index (χ0) is 25.3. The molecular formula is C29H38N4O3. The highest BCUT2D eigenvalue weighted by molar-refractivity contribution is 5.78. The van der Waals surface area contributed by atoms with Crippen LogP contribution in [0.3, 0.4) is 0 Å². The molecule has 1 aliphatic rings. The summed E-state index contributed by atoms with van der Waals surface area (Å²) >= 11 is 0. The van der Waals surface area contributed by atoms with Gasteiger partial charge in [0, 0.05) is 39.0 Å². The molecule has 4 rings (SSSR count). The molecule has 2 amide bonds. The van der Waals surface area contributed by atoms with Gasteiger partial charge in [0.15, 0.2) is 6.61 Å². The predicted octanol–water partition coefficient (Wildman–Crippen LogP) is 4.57. The van der Waals surface area contributed by atoms with Gasteiger partial charge in [-0.1, -0.05) is 37.1 Å². The van der Waals surface area contributed by atoms with Crippen LogP contribution >= 0.6 is 0 Å². The molecule has 0 aliphatic carbocycles. The molecule has 1 aromatic heterocycles. The summed E-state index contributed by atoms with van der Waals surface area (Å²) in [5.41, 5.74) is 4.12. The van der Waals surface area contributed by atoms with Crippen molar-refractivity contribution in [3.63, 3.8) is 0 Å². The first-order valence-corrected chi connectivity index (χ1v) is 13.2. The molecular weight excluding hydrogens is 452 g/mol. The van der Waals surface area contributed by atoms with E-state index in [1.165, 1.54) is 12.8 Å². The topological polar surface area (TPSA) is 76.5 Å². The lowest BCUT2D eigenvalue weighted by atomic mass is 10.1. The third-order valence-electron chi connectivity index (χ3n) is 6.84. The zero-order valence-corrected chi connectivity index (χ0v) is 21.6. The van der Waals surface area contributed by atoms with Crippen LogP contribution in [0, 0.1) is 13.8 Å². The summed E-state index contributed by atoms with van der Waals surface area (Å²) in [6.45, 7) is 6.91. The Labute approximate surface area is 213 Å². The Hall–Kier alpha value is -3.35. The molecule has 0 saturated carbocycles. The summed E-state index contributed by atoms with van der Waals surface area (Å²) in [5.74, 6) is 1.80. The van der Waals surface area contributed by atoms with Crippen LogP contribution in [-0.4, -0.2) is 52.5 Å². The molecule has 3 aromatic rings. The molecule has 2 aromatic carbocycles. The minimum absolute atomic E-state index is 0.00141. The number of hydrogen-bond acceptors (Lipinski definition) is 4. The van der Waals surface area contributed by atoms with Gasteiger partial charge in [0.25, 0.3) is 5.91 Å². The number of aromatic nitrogens is 2. The summed E-state index contributed by atoms with van der Waals surface area (Å²) in [6.07, 6.45) is 6.62. The third-order valence-corrected chi connectivity index (χ3v) is 6.84. The van der Waals surface area contributed by atoms with Crippen molar-refractivity contribution in [2.24, 2.45) is 0 Å². The van der Waals surface area contributed by atoms with Crippen LogP contribution < -0.4 is 10.1 Å². The number of carbonyl (C=O) groups is 2. The first-order chi connectivity index (χ1) is 17.5. The number of carbonyl (C=O) groups excluding carboxylic acids is 2. The molecule has 2 heterocycles. The number of rotatable bonds is 10. The highest BCUT2D eigenvalue weighted by Crippen LogP contribution is 2.20. The molecule has 192 valence electrons. The van der Waals surface area contributed by atoms with Gasteiger partial charge in [0.1, 0.15) is 11.6 Å². The molecule has 7 heteroatoms. The van der Waals surface area contributed by atoms with E-state index < -0.39 is 0 Å². The smallest absolute Gasteiger partial charge is 0.257 e. The van der Waals surface area contributed by atoms with Crippen molar-refractivity contribution in [3.05, 3.63) is 59.4 Å². The van der Waals surface area contributed by atoms with E-state index in [2.05, 4.69) is 16.0 Å². The number of ether oxygens (including phenoxy) is 1. The van der Waals surface area contributed by atoms with E-state index in [9.17, 15) is 9.59 Å². The third kappa shape index (κ3) is 6.86. The number of benzene rings is 2. The van der Waals surface area contributed by atoms with Crippen molar-refractivity contribution in [1.29, 1.82) is 0 Å². The molecule has 1 fully saturated rings. The van der Waals surface area contributed by atoms with E-state index in [1.54, 1.807) is 0 Å². The lowest BCUT2D eigenvalue weighted by Gasteiger charge is -2.20. The number of aryl methyl sites for hydroxylation is 4. The minimum atomic E-state index is -0.132. The standard InChI is InChI=1S/C29H38N4O3/c1-22-13-14-23(2)26(20-22)36-21-28(34)30-16-9-12-27-31-24-10-5-6-11-25(24)33(27)19-15-29(35)32-17-7-3-4-8-18-32/h5-6,10-11,13-14,20H,3-4,7-9,12,15-19,21H2,1-2H3,(H,30,34). The largest absolute Gasteiger partial charge is 0.483 e. The van der Waals surface area contributed by atoms with Crippen LogP contribution in [-0.2, 0) is 22.6 Å². The molecule has 1 saturated heterocycles. The number of imidazole rings is 1. The molecule has 0 unspecified atom stereocenters.